The molecule has 0 aliphatic rings. The Labute approximate surface area is 91.1 Å². The van der Waals surface area contributed by atoms with E-state index in [1.807, 2.05) is 20.8 Å². The fourth-order valence-corrected chi connectivity index (χ4v) is 0.929. The molecule has 1 aromatic rings. The summed E-state index contributed by atoms with van der Waals surface area (Å²) >= 11 is 0. The molecule has 1 rings (SSSR count). The van der Waals surface area contributed by atoms with Crippen LogP contribution in [0.25, 0.3) is 0 Å². The van der Waals surface area contributed by atoms with E-state index >= 15 is 0 Å². The summed E-state index contributed by atoms with van der Waals surface area (Å²) in [5, 5.41) is 0. The molecule has 0 N–H and O–H groups in total. The van der Waals surface area contributed by atoms with Crippen molar-refractivity contribution >= 4 is 8.41 Å². The molecule has 0 nitrogen and oxygen atoms in total. The quantitative estimate of drug-likeness (QED) is 0.623. The molecule has 4 heteroatoms. The lowest BCUT2D eigenvalue weighted by Gasteiger charge is -2.06. The molecular formula is C11H15BF3. The Balaban J connectivity index is 0. The average molecular weight is 215 g/mol. The van der Waals surface area contributed by atoms with Crippen molar-refractivity contribution in [3.63, 3.8) is 0 Å². The first-order valence-corrected chi connectivity index (χ1v) is 4.70. The minimum absolute atomic E-state index is 0. The van der Waals surface area contributed by atoms with E-state index in [9.17, 15) is 13.2 Å². The van der Waals surface area contributed by atoms with Crippen molar-refractivity contribution in [1.82, 2.24) is 0 Å². The van der Waals surface area contributed by atoms with Crippen molar-refractivity contribution in [3.8, 4) is 0 Å². The largest absolute Gasteiger partial charge is 0.416 e. The molecule has 0 aliphatic carbocycles. The molecule has 0 atom stereocenters. The van der Waals surface area contributed by atoms with Crippen LogP contribution in [0.4, 0.5) is 13.2 Å². The van der Waals surface area contributed by atoms with E-state index in [0.717, 1.165) is 24.1 Å². The summed E-state index contributed by atoms with van der Waals surface area (Å²) < 4.78 is 36.1. The predicted molar refractivity (Wildman–Crippen MR) is 57.9 cm³/mol. The summed E-state index contributed by atoms with van der Waals surface area (Å²) in [6.07, 6.45) is -3.45. The van der Waals surface area contributed by atoms with E-state index in [1.54, 1.807) is 0 Å². The Morgan fingerprint density at radius 2 is 1.40 bits per heavy atom. The van der Waals surface area contributed by atoms with Gasteiger partial charge in [0, 0.05) is 8.41 Å². The van der Waals surface area contributed by atoms with E-state index in [-0.39, 0.29) is 8.41 Å². The van der Waals surface area contributed by atoms with Gasteiger partial charge in [-0.1, -0.05) is 32.9 Å². The first-order chi connectivity index (χ1) is 6.54. The Kier molecular flexibility index (Phi) is 8.12. The summed E-state index contributed by atoms with van der Waals surface area (Å²) in [6, 6.07) is 5.23. The van der Waals surface area contributed by atoms with Crippen LogP contribution in [-0.2, 0) is 12.6 Å². The molecule has 0 heterocycles. The van der Waals surface area contributed by atoms with Crippen LogP contribution in [0.1, 0.15) is 31.9 Å². The fraction of sp³-hybridized carbons (Fsp3) is 0.455. The van der Waals surface area contributed by atoms with Gasteiger partial charge in [0.05, 0.1) is 5.56 Å². The molecule has 0 aromatic heterocycles. The van der Waals surface area contributed by atoms with Crippen LogP contribution in [0.2, 0.25) is 0 Å². The predicted octanol–water partition coefficient (Wildman–Crippen LogP) is 3.91. The Morgan fingerprint density at radius 3 is 1.67 bits per heavy atom. The highest BCUT2D eigenvalue weighted by Gasteiger charge is 2.29. The number of halogens is 3. The monoisotopic (exact) mass is 215 g/mol. The summed E-state index contributed by atoms with van der Waals surface area (Å²) in [4.78, 5) is 0. The zero-order valence-corrected chi connectivity index (χ0v) is 9.23. The Bertz CT molecular complexity index is 252. The first kappa shape index (κ1) is 16.5. The molecule has 15 heavy (non-hydrogen) atoms. The number of hydrogen-bond acceptors (Lipinski definition) is 0. The van der Waals surface area contributed by atoms with Crippen LogP contribution >= 0.6 is 0 Å². The van der Waals surface area contributed by atoms with Gasteiger partial charge in [-0.3, -0.25) is 0 Å². The number of alkyl halides is 3. The van der Waals surface area contributed by atoms with Gasteiger partial charge in [0.1, 0.15) is 0 Å². The summed E-state index contributed by atoms with van der Waals surface area (Å²) in [5.74, 6) is 0. The van der Waals surface area contributed by atoms with Gasteiger partial charge >= 0.3 is 6.18 Å². The van der Waals surface area contributed by atoms with Crippen LogP contribution in [0.5, 0.6) is 0 Å². The number of benzene rings is 1. The second-order valence-corrected chi connectivity index (χ2v) is 2.55. The molecule has 83 valence electrons. The average Bonchev–Trinajstić information content (AvgIpc) is 2.20. The lowest BCUT2D eigenvalue weighted by molar-refractivity contribution is -0.137. The number of aryl methyl sites for hydroxylation is 1. The summed E-state index contributed by atoms with van der Waals surface area (Å²) in [6.45, 7) is 5.91. The van der Waals surface area contributed by atoms with E-state index < -0.39 is 11.7 Å². The standard InChI is InChI=1S/C9H9F3.C2H6.B/c1-2-7-3-5-8(6-4-7)9(10,11)12;1-2;/h3-6H,2H2,1H3;1-2H3;. The second-order valence-electron chi connectivity index (χ2n) is 2.55. The van der Waals surface area contributed by atoms with Gasteiger partial charge in [0.25, 0.3) is 0 Å². The van der Waals surface area contributed by atoms with Gasteiger partial charge in [-0.25, -0.2) is 0 Å². The van der Waals surface area contributed by atoms with Gasteiger partial charge in [-0.05, 0) is 24.1 Å². The maximum atomic E-state index is 12.0. The third-order valence-electron chi connectivity index (χ3n) is 1.69. The Hall–Kier alpha value is -0.925. The van der Waals surface area contributed by atoms with Crippen LogP contribution in [0, 0.1) is 0 Å². The lowest BCUT2D eigenvalue weighted by atomic mass is 10.1. The van der Waals surface area contributed by atoms with Gasteiger partial charge < -0.3 is 0 Å². The zero-order chi connectivity index (χ0) is 11.2. The molecule has 0 spiro atoms. The lowest BCUT2D eigenvalue weighted by Crippen LogP contribution is -2.04. The van der Waals surface area contributed by atoms with Crippen LogP contribution in [-0.4, -0.2) is 8.41 Å². The zero-order valence-electron chi connectivity index (χ0n) is 9.23. The highest BCUT2D eigenvalue weighted by atomic mass is 19.4. The smallest absolute Gasteiger partial charge is 0.166 e. The van der Waals surface area contributed by atoms with E-state index in [2.05, 4.69) is 0 Å². The highest BCUT2D eigenvalue weighted by molar-refractivity contribution is 5.75. The van der Waals surface area contributed by atoms with Crippen molar-refractivity contribution in [3.05, 3.63) is 35.4 Å². The SMILES string of the molecule is CC.CCc1ccc(C(F)(F)F)cc1.[B]. The minimum atomic E-state index is -4.22. The number of rotatable bonds is 1. The first-order valence-electron chi connectivity index (χ1n) is 4.70. The molecule has 0 saturated heterocycles. The maximum Gasteiger partial charge on any atom is 0.416 e. The molecule has 0 fully saturated rings. The molecular weight excluding hydrogens is 200 g/mol. The third kappa shape index (κ3) is 5.50. The minimum Gasteiger partial charge on any atom is -0.166 e. The van der Waals surface area contributed by atoms with E-state index in [4.69, 9.17) is 0 Å². The summed E-state index contributed by atoms with van der Waals surface area (Å²) in [7, 11) is 0. The number of hydrogen-bond donors (Lipinski definition) is 0. The maximum absolute atomic E-state index is 12.0. The van der Waals surface area contributed by atoms with Gasteiger partial charge in [0.2, 0.25) is 0 Å². The molecule has 0 unspecified atom stereocenters. The second kappa shape index (κ2) is 7.38. The normalized spacial score (nSPS) is 9.73. The van der Waals surface area contributed by atoms with Crippen molar-refractivity contribution in [2.24, 2.45) is 0 Å². The Morgan fingerprint density at radius 1 is 1.00 bits per heavy atom. The molecule has 0 amide bonds. The van der Waals surface area contributed by atoms with Crippen LogP contribution in [0.3, 0.4) is 0 Å². The van der Waals surface area contributed by atoms with Crippen molar-refractivity contribution in [1.29, 1.82) is 0 Å². The highest BCUT2D eigenvalue weighted by Crippen LogP contribution is 2.28. The summed E-state index contributed by atoms with van der Waals surface area (Å²) in [5.41, 5.74) is 0.336. The van der Waals surface area contributed by atoms with Crippen molar-refractivity contribution < 1.29 is 13.2 Å². The van der Waals surface area contributed by atoms with E-state index in [0.29, 0.717) is 0 Å². The van der Waals surface area contributed by atoms with Crippen molar-refractivity contribution in [2.45, 2.75) is 33.4 Å². The molecule has 0 saturated carbocycles. The van der Waals surface area contributed by atoms with Crippen LogP contribution in [0.15, 0.2) is 24.3 Å². The van der Waals surface area contributed by atoms with Crippen LogP contribution < -0.4 is 0 Å². The molecule has 0 bridgehead atoms. The van der Waals surface area contributed by atoms with Crippen molar-refractivity contribution in [2.75, 3.05) is 0 Å². The molecule has 1 aromatic carbocycles. The third-order valence-corrected chi connectivity index (χ3v) is 1.69. The topological polar surface area (TPSA) is 0 Å². The van der Waals surface area contributed by atoms with Gasteiger partial charge in [0.15, 0.2) is 0 Å². The van der Waals surface area contributed by atoms with Gasteiger partial charge in [-0.15, -0.1) is 0 Å². The fourth-order valence-electron chi connectivity index (χ4n) is 0.929. The molecule has 3 radical (unpaired) electrons. The molecule has 0 aliphatic heterocycles. The van der Waals surface area contributed by atoms with Gasteiger partial charge in [-0.2, -0.15) is 13.2 Å². The van der Waals surface area contributed by atoms with E-state index in [1.165, 1.54) is 12.1 Å².